The Kier molecular flexibility index (Phi) is 9.46. The molecular weight excluding hydrogens is 799 g/mol. The summed E-state index contributed by atoms with van der Waals surface area (Å²) in [6.45, 7) is 8.36. The first-order valence-electron chi connectivity index (χ1n) is 17.2. The number of benzene rings is 4. The molecule has 2 fully saturated rings. The van der Waals surface area contributed by atoms with Gasteiger partial charge in [0, 0.05) is 41.6 Å². The Morgan fingerprint density at radius 2 is 1.20 bits per heavy atom. The number of hydrogen-bond acceptors (Lipinski definition) is 4. The average molecular weight is 837 g/mol. The third kappa shape index (κ3) is 5.27. The van der Waals surface area contributed by atoms with E-state index >= 15 is 4.79 Å². The summed E-state index contributed by atoms with van der Waals surface area (Å²) >= 11 is 20.3. The van der Waals surface area contributed by atoms with Gasteiger partial charge in [-0.25, -0.2) is 0 Å². The van der Waals surface area contributed by atoms with Crippen LogP contribution in [0, 0.1) is 10.8 Å². The minimum atomic E-state index is -0.935. The Morgan fingerprint density at radius 1 is 0.660 bits per heavy atom. The van der Waals surface area contributed by atoms with Crippen molar-refractivity contribution in [3.8, 4) is 0 Å². The van der Waals surface area contributed by atoms with E-state index in [0.717, 1.165) is 43.0 Å². The number of carbonyl (C=O) groups excluding carboxylic acids is 2. The van der Waals surface area contributed by atoms with Crippen molar-refractivity contribution in [1.82, 2.24) is 0 Å². The van der Waals surface area contributed by atoms with Gasteiger partial charge in [0.25, 0.3) is 0 Å². The van der Waals surface area contributed by atoms with Gasteiger partial charge in [0.2, 0.25) is 11.8 Å². The zero-order valence-corrected chi connectivity index (χ0v) is 33.0. The van der Waals surface area contributed by atoms with Crippen LogP contribution in [0.3, 0.4) is 0 Å². The Labute approximate surface area is 320 Å². The van der Waals surface area contributed by atoms with Gasteiger partial charge in [-0.05, 0) is 117 Å². The summed E-state index contributed by atoms with van der Waals surface area (Å²) in [4.78, 5) is 41.6. The van der Waals surface area contributed by atoms with Crippen molar-refractivity contribution in [3.63, 3.8) is 0 Å². The molecule has 4 aromatic carbocycles. The van der Waals surface area contributed by atoms with Gasteiger partial charge in [-0.3, -0.25) is 19.5 Å². The van der Waals surface area contributed by atoms with Crippen LogP contribution in [0.2, 0.25) is 10.0 Å². The summed E-state index contributed by atoms with van der Waals surface area (Å²) in [5.41, 5.74) is 3.40. The van der Waals surface area contributed by atoms with Crippen LogP contribution in [0.5, 0.6) is 0 Å². The first kappa shape index (κ1) is 35.2. The van der Waals surface area contributed by atoms with E-state index in [2.05, 4.69) is 70.5 Å². The number of nitrogens with zero attached hydrogens (tertiary/aromatic N) is 4. The summed E-state index contributed by atoms with van der Waals surface area (Å²) in [5, 5.41) is 1.17. The lowest BCUT2D eigenvalue weighted by molar-refractivity contribution is -0.141. The van der Waals surface area contributed by atoms with E-state index in [1.165, 1.54) is 0 Å². The van der Waals surface area contributed by atoms with Crippen LogP contribution in [0.25, 0.3) is 0 Å². The van der Waals surface area contributed by atoms with Crippen molar-refractivity contribution in [2.75, 3.05) is 14.7 Å². The first-order valence-corrected chi connectivity index (χ1v) is 19.5. The quantitative estimate of drug-likeness (QED) is 0.166. The van der Waals surface area contributed by atoms with E-state index in [9.17, 15) is 4.79 Å². The number of hydrogen-bond donors (Lipinski definition) is 0. The molecule has 3 atom stereocenters. The molecule has 0 aromatic heterocycles. The van der Waals surface area contributed by atoms with Gasteiger partial charge >= 0.3 is 0 Å². The van der Waals surface area contributed by atoms with Crippen LogP contribution in [0.15, 0.2) is 105 Å². The third-order valence-corrected chi connectivity index (χ3v) is 12.8. The zero-order valence-electron chi connectivity index (χ0n) is 28.3. The van der Waals surface area contributed by atoms with E-state index in [0.29, 0.717) is 35.7 Å². The molecule has 258 valence electrons. The van der Waals surface area contributed by atoms with Crippen molar-refractivity contribution in [3.05, 3.63) is 116 Å². The largest absolute Gasteiger partial charge is 0.339 e. The highest BCUT2D eigenvalue weighted by molar-refractivity contribution is 9.10. The molecule has 3 heterocycles. The number of β-lactam (4-membered cyclic amide) rings is 1. The fraction of sp³-hybridized carbons (Fsp3) is 0.325. The van der Waals surface area contributed by atoms with Gasteiger partial charge < -0.3 is 9.80 Å². The summed E-state index contributed by atoms with van der Waals surface area (Å²) < 4.78 is 1.89. The Morgan fingerprint density at radius 3 is 1.78 bits per heavy atom. The molecular formula is C40H38Br2Cl2N4O2. The van der Waals surface area contributed by atoms with Gasteiger partial charge in [-0.1, -0.05) is 82.8 Å². The lowest BCUT2D eigenvalue weighted by Crippen LogP contribution is -2.78. The topological polar surface area (TPSA) is 56.2 Å². The number of halogens is 4. The predicted molar refractivity (Wildman–Crippen MR) is 212 cm³/mol. The number of rotatable bonds is 8. The number of amides is 2. The molecule has 3 unspecified atom stereocenters. The lowest BCUT2D eigenvalue weighted by Gasteiger charge is -2.62. The molecule has 3 aliphatic heterocycles. The highest BCUT2D eigenvalue weighted by atomic mass is 79.9. The molecule has 4 aromatic rings. The highest BCUT2D eigenvalue weighted by Gasteiger charge is 2.68. The highest BCUT2D eigenvalue weighted by Crippen LogP contribution is 2.59. The standard InChI is InChI=1S/C40H38Br2Cl2N4O2/c1-5-39(6-2)35(45-28-16-9-24(41)10-17-28)34-33(46(37(39)49)29-20-13-26(43)14-21-29)31-23-27(44)15-22-32(31)48(34)36-40(7-3,8-4)38(50)47(36)30-18-11-25(42)12-19-30/h9-23,33-34,36H,5-8H2,1-4H3. The minimum absolute atomic E-state index is 0.0126. The maximum Gasteiger partial charge on any atom is 0.239 e. The maximum atomic E-state index is 15.3. The van der Waals surface area contributed by atoms with E-state index in [-0.39, 0.29) is 18.0 Å². The Balaban J connectivity index is 1.55. The molecule has 2 saturated heterocycles. The molecule has 0 saturated carbocycles. The van der Waals surface area contributed by atoms with Crippen LogP contribution in [-0.2, 0) is 9.59 Å². The average Bonchev–Trinajstić information content (AvgIpc) is 3.43. The van der Waals surface area contributed by atoms with E-state index in [1.807, 2.05) is 94.7 Å². The number of fused-ring (bicyclic) bond motifs is 3. The fourth-order valence-corrected chi connectivity index (χ4v) is 9.33. The van der Waals surface area contributed by atoms with Crippen molar-refractivity contribution >= 4 is 95.3 Å². The van der Waals surface area contributed by atoms with Crippen LogP contribution in [0.4, 0.5) is 22.7 Å². The van der Waals surface area contributed by atoms with Gasteiger partial charge in [-0.2, -0.15) is 0 Å². The third-order valence-electron chi connectivity index (χ3n) is 11.3. The molecule has 0 N–H and O–H groups in total. The fourth-order valence-electron chi connectivity index (χ4n) is 8.50. The molecule has 3 aliphatic rings. The summed E-state index contributed by atoms with van der Waals surface area (Å²) in [6, 6.07) is 28.4. The SMILES string of the molecule is CCC1(CC)C(=O)N(c2ccc(Cl)cc2)C2c3cc(Cl)ccc3N(C3N(c4ccc(Br)cc4)C(=O)C3(CC)CC)C2C1=Nc1ccc(Br)cc1. The van der Waals surface area contributed by atoms with Crippen molar-refractivity contribution < 1.29 is 9.59 Å². The lowest BCUT2D eigenvalue weighted by atomic mass is 9.66. The molecule has 50 heavy (non-hydrogen) atoms. The second-order valence-electron chi connectivity index (χ2n) is 13.3. The van der Waals surface area contributed by atoms with Crippen LogP contribution < -0.4 is 14.7 Å². The molecule has 0 bridgehead atoms. The smallest absolute Gasteiger partial charge is 0.239 e. The Bertz CT molecular complexity index is 1980. The number of anilines is 3. The predicted octanol–water partition coefficient (Wildman–Crippen LogP) is 11.6. The van der Waals surface area contributed by atoms with Crippen molar-refractivity contribution in [2.45, 2.75) is 71.6 Å². The minimum Gasteiger partial charge on any atom is -0.339 e. The van der Waals surface area contributed by atoms with Gasteiger partial charge in [0.05, 0.1) is 34.3 Å². The summed E-state index contributed by atoms with van der Waals surface area (Å²) in [7, 11) is 0. The van der Waals surface area contributed by atoms with Crippen LogP contribution in [0.1, 0.15) is 65.0 Å². The number of aliphatic imine (C=N–C) groups is 1. The van der Waals surface area contributed by atoms with Crippen molar-refractivity contribution in [1.29, 1.82) is 0 Å². The number of carbonyl (C=O) groups is 2. The summed E-state index contributed by atoms with van der Waals surface area (Å²) in [6.07, 6.45) is 2.04. The molecule has 2 amide bonds. The second kappa shape index (κ2) is 13.4. The van der Waals surface area contributed by atoms with Gasteiger partial charge in [0.15, 0.2) is 0 Å². The van der Waals surface area contributed by atoms with E-state index in [4.69, 9.17) is 28.2 Å². The van der Waals surface area contributed by atoms with E-state index in [1.54, 1.807) is 0 Å². The normalized spacial score (nSPS) is 22.8. The number of piperidine rings is 1. The molecule has 6 nitrogen and oxygen atoms in total. The van der Waals surface area contributed by atoms with Crippen LogP contribution >= 0.6 is 55.1 Å². The zero-order chi connectivity index (χ0) is 35.5. The molecule has 0 radical (unpaired) electrons. The van der Waals surface area contributed by atoms with Gasteiger partial charge in [0.1, 0.15) is 6.17 Å². The van der Waals surface area contributed by atoms with Crippen LogP contribution in [-0.4, -0.2) is 29.7 Å². The molecule has 0 aliphatic carbocycles. The van der Waals surface area contributed by atoms with Crippen molar-refractivity contribution in [2.24, 2.45) is 15.8 Å². The second-order valence-corrected chi connectivity index (χ2v) is 16.0. The monoisotopic (exact) mass is 834 g/mol. The maximum absolute atomic E-state index is 15.3. The molecule has 10 heteroatoms. The summed E-state index contributed by atoms with van der Waals surface area (Å²) in [5.74, 6) is 0.0836. The Hall–Kier alpha value is -3.17. The molecule has 0 spiro atoms. The molecule has 7 rings (SSSR count). The first-order chi connectivity index (χ1) is 24.0. The van der Waals surface area contributed by atoms with Gasteiger partial charge in [-0.15, -0.1) is 0 Å². The van der Waals surface area contributed by atoms with E-state index < -0.39 is 22.9 Å².